The van der Waals surface area contributed by atoms with Crippen LogP contribution >= 0.6 is 0 Å². The number of hydrogen-bond acceptors (Lipinski definition) is 1. The van der Waals surface area contributed by atoms with E-state index in [-0.39, 0.29) is 0 Å². The van der Waals surface area contributed by atoms with E-state index in [1.165, 1.54) is 0 Å². The van der Waals surface area contributed by atoms with Gasteiger partial charge in [0, 0.05) is 0 Å². The van der Waals surface area contributed by atoms with Crippen LogP contribution in [0.5, 0.6) is 0 Å². The fraction of sp³-hybridized carbons (Fsp3) is 0.818. The molecule has 0 spiro atoms. The molecule has 0 unspecified atom stereocenters. The normalized spacial score (nSPS) is 12.6. The van der Waals surface area contributed by atoms with Gasteiger partial charge in [-0.3, -0.25) is 0 Å². The summed E-state index contributed by atoms with van der Waals surface area (Å²) >= 11 is 0. The number of hydrogen-bond donors (Lipinski definition) is 0. The Hall–Kier alpha value is -0.0462. The molecule has 0 aromatic heterocycles. The SMILES string of the molecule is CCN(CC)[Si](C)(C)C#C[Si](C)(C)C. The van der Waals surface area contributed by atoms with Crippen molar-refractivity contribution in [3.8, 4) is 11.1 Å². The average Bonchev–Trinajstić information content (AvgIpc) is 2.02. The molecular weight excluding hydrogens is 202 g/mol. The van der Waals surface area contributed by atoms with Gasteiger partial charge >= 0.3 is 0 Å². The van der Waals surface area contributed by atoms with E-state index in [0.29, 0.717) is 0 Å². The summed E-state index contributed by atoms with van der Waals surface area (Å²) in [6, 6.07) is 0. The summed E-state index contributed by atoms with van der Waals surface area (Å²) in [5.41, 5.74) is 7.10. The molecule has 0 aliphatic carbocycles. The van der Waals surface area contributed by atoms with Gasteiger partial charge in [-0.15, -0.1) is 11.1 Å². The van der Waals surface area contributed by atoms with E-state index in [1.807, 2.05) is 0 Å². The predicted molar refractivity (Wildman–Crippen MR) is 71.5 cm³/mol. The van der Waals surface area contributed by atoms with E-state index in [4.69, 9.17) is 0 Å². The van der Waals surface area contributed by atoms with Crippen molar-refractivity contribution in [3.05, 3.63) is 0 Å². The second kappa shape index (κ2) is 5.15. The van der Waals surface area contributed by atoms with Crippen LogP contribution in [0.15, 0.2) is 0 Å². The van der Waals surface area contributed by atoms with Gasteiger partial charge < -0.3 is 4.57 Å². The maximum atomic E-state index is 3.58. The minimum Gasteiger partial charge on any atom is -0.315 e. The summed E-state index contributed by atoms with van der Waals surface area (Å²) in [5, 5.41) is 0. The molecule has 0 amide bonds. The second-order valence-electron chi connectivity index (χ2n) is 5.23. The molecule has 3 heteroatoms. The fourth-order valence-electron chi connectivity index (χ4n) is 1.43. The maximum absolute atomic E-state index is 3.58. The van der Waals surface area contributed by atoms with Crippen molar-refractivity contribution < 1.29 is 0 Å². The highest BCUT2D eigenvalue weighted by atomic mass is 28.3. The molecule has 1 nitrogen and oxygen atoms in total. The first-order valence-electron chi connectivity index (χ1n) is 5.52. The lowest BCUT2D eigenvalue weighted by atomic mass is 10.7. The molecule has 0 saturated carbocycles. The van der Waals surface area contributed by atoms with Gasteiger partial charge in [-0.2, -0.15) is 0 Å². The molecule has 0 bridgehead atoms. The van der Waals surface area contributed by atoms with Crippen LogP contribution in [0.2, 0.25) is 32.7 Å². The van der Waals surface area contributed by atoms with Crippen LogP contribution in [-0.2, 0) is 0 Å². The van der Waals surface area contributed by atoms with Crippen molar-refractivity contribution in [1.29, 1.82) is 0 Å². The Morgan fingerprint density at radius 2 is 1.29 bits per heavy atom. The topological polar surface area (TPSA) is 3.24 Å². The summed E-state index contributed by atoms with van der Waals surface area (Å²) in [4.78, 5) is 0. The first-order chi connectivity index (χ1) is 6.23. The molecule has 0 heterocycles. The Labute approximate surface area is 92.0 Å². The molecule has 0 atom stereocenters. The van der Waals surface area contributed by atoms with Crippen LogP contribution in [0.4, 0.5) is 0 Å². The molecule has 14 heavy (non-hydrogen) atoms. The Morgan fingerprint density at radius 1 is 0.857 bits per heavy atom. The summed E-state index contributed by atoms with van der Waals surface area (Å²) in [6.45, 7) is 18.4. The van der Waals surface area contributed by atoms with Crippen molar-refractivity contribution in [1.82, 2.24) is 4.57 Å². The van der Waals surface area contributed by atoms with Gasteiger partial charge in [0.05, 0.1) is 0 Å². The van der Waals surface area contributed by atoms with Crippen LogP contribution in [0.1, 0.15) is 13.8 Å². The van der Waals surface area contributed by atoms with Gasteiger partial charge in [-0.25, -0.2) is 0 Å². The van der Waals surface area contributed by atoms with Crippen molar-refractivity contribution in [2.75, 3.05) is 13.1 Å². The largest absolute Gasteiger partial charge is 0.315 e. The third-order valence-corrected chi connectivity index (χ3v) is 6.37. The van der Waals surface area contributed by atoms with E-state index in [1.54, 1.807) is 0 Å². The molecule has 0 aliphatic rings. The fourth-order valence-corrected chi connectivity index (χ4v) is 5.90. The summed E-state index contributed by atoms with van der Waals surface area (Å²) in [5.74, 6) is 0. The van der Waals surface area contributed by atoms with Crippen LogP contribution in [-0.4, -0.2) is 34.0 Å². The molecule has 0 radical (unpaired) electrons. The average molecular weight is 227 g/mol. The van der Waals surface area contributed by atoms with Gasteiger partial charge in [0.1, 0.15) is 8.07 Å². The highest BCUT2D eigenvalue weighted by Gasteiger charge is 2.25. The Balaban J connectivity index is 4.67. The predicted octanol–water partition coefficient (Wildman–Crippen LogP) is 2.95. The lowest BCUT2D eigenvalue weighted by molar-refractivity contribution is 0.475. The first kappa shape index (κ1) is 14.0. The zero-order valence-corrected chi connectivity index (χ0v) is 12.9. The van der Waals surface area contributed by atoms with Gasteiger partial charge in [-0.05, 0) is 26.2 Å². The van der Waals surface area contributed by atoms with Crippen molar-refractivity contribution in [2.45, 2.75) is 46.6 Å². The van der Waals surface area contributed by atoms with Crippen LogP contribution in [0.3, 0.4) is 0 Å². The van der Waals surface area contributed by atoms with Gasteiger partial charge in [0.25, 0.3) is 0 Å². The third kappa shape index (κ3) is 4.99. The van der Waals surface area contributed by atoms with E-state index in [2.05, 4.69) is 62.2 Å². The lowest BCUT2D eigenvalue weighted by Crippen LogP contribution is -2.48. The second-order valence-corrected chi connectivity index (χ2v) is 14.0. The van der Waals surface area contributed by atoms with Gasteiger partial charge in [-0.1, -0.05) is 33.5 Å². The van der Waals surface area contributed by atoms with E-state index < -0.39 is 16.3 Å². The molecule has 0 aromatic rings. The first-order valence-corrected chi connectivity index (χ1v) is 12.0. The van der Waals surface area contributed by atoms with Crippen molar-refractivity contribution in [2.24, 2.45) is 0 Å². The smallest absolute Gasteiger partial charge is 0.203 e. The summed E-state index contributed by atoms with van der Waals surface area (Å²) in [6.07, 6.45) is 0. The molecule has 0 rings (SSSR count). The molecule has 82 valence electrons. The monoisotopic (exact) mass is 227 g/mol. The summed E-state index contributed by atoms with van der Waals surface area (Å²) in [7, 11) is -2.63. The minimum absolute atomic E-state index is 1.14. The standard InChI is InChI=1S/C11H25NSi2/c1-8-12(9-2)14(6,7)11-10-13(3,4)5/h8-9H2,1-7H3. The molecule has 0 fully saturated rings. The van der Waals surface area contributed by atoms with E-state index in [9.17, 15) is 0 Å². The molecule has 0 aliphatic heterocycles. The van der Waals surface area contributed by atoms with E-state index >= 15 is 0 Å². The zero-order chi connectivity index (χ0) is 11.4. The van der Waals surface area contributed by atoms with Crippen LogP contribution in [0.25, 0.3) is 0 Å². The summed E-state index contributed by atoms with van der Waals surface area (Å²) < 4.78 is 2.54. The lowest BCUT2D eigenvalue weighted by Gasteiger charge is -2.30. The Kier molecular flexibility index (Phi) is 5.14. The highest BCUT2D eigenvalue weighted by molar-refractivity contribution is 6.88. The van der Waals surface area contributed by atoms with Gasteiger partial charge in [0.2, 0.25) is 8.24 Å². The van der Waals surface area contributed by atoms with Crippen molar-refractivity contribution >= 4 is 16.3 Å². The van der Waals surface area contributed by atoms with Crippen LogP contribution < -0.4 is 0 Å². The molecule has 0 N–H and O–H groups in total. The molecular formula is C11H25NSi2. The maximum Gasteiger partial charge on any atom is 0.203 e. The quantitative estimate of drug-likeness (QED) is 0.529. The molecule has 0 saturated heterocycles. The third-order valence-electron chi connectivity index (χ3n) is 2.30. The Bertz CT molecular complexity index is 226. The van der Waals surface area contributed by atoms with E-state index in [0.717, 1.165) is 13.1 Å². The minimum atomic E-state index is -1.44. The Morgan fingerprint density at radius 3 is 1.57 bits per heavy atom. The van der Waals surface area contributed by atoms with Crippen LogP contribution in [0, 0.1) is 11.1 Å². The van der Waals surface area contributed by atoms with Gasteiger partial charge in [0.15, 0.2) is 0 Å². The number of nitrogens with zero attached hydrogens (tertiary/aromatic N) is 1. The molecule has 0 aromatic carbocycles. The number of rotatable bonds is 3. The van der Waals surface area contributed by atoms with Crippen molar-refractivity contribution in [3.63, 3.8) is 0 Å². The highest BCUT2D eigenvalue weighted by Crippen LogP contribution is 2.08. The zero-order valence-electron chi connectivity index (χ0n) is 10.9.